The summed E-state index contributed by atoms with van der Waals surface area (Å²) in [6.07, 6.45) is 2.19. The van der Waals surface area contributed by atoms with Crippen molar-refractivity contribution in [3.63, 3.8) is 0 Å². The molecule has 21 heavy (non-hydrogen) atoms. The van der Waals surface area contributed by atoms with E-state index in [4.69, 9.17) is 4.74 Å². The number of para-hydroxylation sites is 2. The molecule has 108 valence electrons. The summed E-state index contributed by atoms with van der Waals surface area (Å²) < 4.78 is 7.84. The molecule has 3 nitrogen and oxygen atoms in total. The highest BCUT2D eigenvalue weighted by molar-refractivity contribution is 5.83. The highest BCUT2D eigenvalue weighted by Crippen LogP contribution is 2.19. The standard InChI is InChI=1S/C18H20N2O/c1-20-14-15(17-9-5-6-10-18(17)20)13-19-11-12-21-16-7-3-2-4-8-16/h2-10,14,19H,11-13H2,1H3. The van der Waals surface area contributed by atoms with E-state index in [2.05, 4.69) is 47.4 Å². The van der Waals surface area contributed by atoms with Gasteiger partial charge in [-0.15, -0.1) is 0 Å². The van der Waals surface area contributed by atoms with Crippen molar-refractivity contribution in [2.75, 3.05) is 13.2 Å². The predicted octanol–water partition coefficient (Wildman–Crippen LogP) is 3.35. The zero-order valence-electron chi connectivity index (χ0n) is 12.3. The molecule has 0 atom stereocenters. The molecule has 0 aliphatic heterocycles. The van der Waals surface area contributed by atoms with Crippen molar-refractivity contribution < 1.29 is 4.74 Å². The molecule has 0 unspecified atom stereocenters. The first-order valence-electron chi connectivity index (χ1n) is 7.26. The smallest absolute Gasteiger partial charge is 0.119 e. The Hall–Kier alpha value is -2.26. The van der Waals surface area contributed by atoms with Crippen LogP contribution < -0.4 is 10.1 Å². The van der Waals surface area contributed by atoms with Crippen molar-refractivity contribution in [2.45, 2.75) is 6.54 Å². The third-order valence-electron chi connectivity index (χ3n) is 3.59. The minimum absolute atomic E-state index is 0.675. The first kappa shape index (κ1) is 13.7. The fourth-order valence-electron chi connectivity index (χ4n) is 2.55. The predicted molar refractivity (Wildman–Crippen MR) is 86.6 cm³/mol. The second kappa shape index (κ2) is 6.46. The van der Waals surface area contributed by atoms with Gasteiger partial charge >= 0.3 is 0 Å². The average Bonchev–Trinajstić information content (AvgIpc) is 2.85. The Labute approximate surface area is 125 Å². The Kier molecular flexibility index (Phi) is 4.22. The fraction of sp³-hybridized carbons (Fsp3) is 0.222. The van der Waals surface area contributed by atoms with Crippen molar-refractivity contribution >= 4 is 10.9 Å². The van der Waals surface area contributed by atoms with Gasteiger partial charge in [-0.25, -0.2) is 0 Å². The van der Waals surface area contributed by atoms with Crippen molar-refractivity contribution in [3.05, 3.63) is 66.4 Å². The van der Waals surface area contributed by atoms with Crippen molar-refractivity contribution in [1.29, 1.82) is 0 Å². The molecular weight excluding hydrogens is 260 g/mol. The largest absolute Gasteiger partial charge is 0.492 e. The molecule has 0 aliphatic rings. The fourth-order valence-corrected chi connectivity index (χ4v) is 2.55. The molecule has 0 aliphatic carbocycles. The summed E-state index contributed by atoms with van der Waals surface area (Å²) in [6.45, 7) is 2.37. The van der Waals surface area contributed by atoms with Crippen LogP contribution in [0.4, 0.5) is 0 Å². The average molecular weight is 280 g/mol. The van der Waals surface area contributed by atoms with Crippen molar-refractivity contribution in [2.24, 2.45) is 7.05 Å². The van der Waals surface area contributed by atoms with Crippen molar-refractivity contribution in [3.8, 4) is 5.75 Å². The maximum atomic E-state index is 5.67. The van der Waals surface area contributed by atoms with Gasteiger partial charge in [-0.2, -0.15) is 0 Å². The van der Waals surface area contributed by atoms with Crippen LogP contribution in [0.15, 0.2) is 60.8 Å². The number of rotatable bonds is 6. The van der Waals surface area contributed by atoms with Crippen LogP contribution in [0, 0.1) is 0 Å². The Morgan fingerprint density at radius 2 is 1.76 bits per heavy atom. The first-order valence-corrected chi connectivity index (χ1v) is 7.26. The Bertz CT molecular complexity index is 704. The summed E-state index contributed by atoms with van der Waals surface area (Å²) in [5.74, 6) is 0.921. The lowest BCUT2D eigenvalue weighted by atomic mass is 10.2. The van der Waals surface area contributed by atoms with Gasteiger partial charge in [0, 0.05) is 37.2 Å². The molecule has 1 aromatic heterocycles. The number of fused-ring (bicyclic) bond motifs is 1. The number of hydrogen-bond acceptors (Lipinski definition) is 2. The summed E-state index contributed by atoms with van der Waals surface area (Å²) in [5, 5.41) is 4.76. The third-order valence-corrected chi connectivity index (χ3v) is 3.59. The highest BCUT2D eigenvalue weighted by Gasteiger charge is 2.04. The van der Waals surface area contributed by atoms with Crippen LogP contribution in [-0.2, 0) is 13.6 Å². The van der Waals surface area contributed by atoms with E-state index in [0.29, 0.717) is 6.61 Å². The van der Waals surface area contributed by atoms with Crippen LogP contribution >= 0.6 is 0 Å². The van der Waals surface area contributed by atoms with E-state index in [1.54, 1.807) is 0 Å². The second-order valence-electron chi connectivity index (χ2n) is 5.12. The Morgan fingerprint density at radius 1 is 1.00 bits per heavy atom. The molecule has 0 fully saturated rings. The van der Waals surface area contributed by atoms with Gasteiger partial charge in [0.05, 0.1) is 0 Å². The molecule has 2 aromatic carbocycles. The van der Waals surface area contributed by atoms with Gasteiger partial charge in [-0.1, -0.05) is 36.4 Å². The molecule has 0 saturated heterocycles. The molecule has 3 heteroatoms. The molecule has 1 N–H and O–H groups in total. The lowest BCUT2D eigenvalue weighted by molar-refractivity contribution is 0.313. The summed E-state index contributed by atoms with van der Waals surface area (Å²) in [7, 11) is 2.09. The maximum Gasteiger partial charge on any atom is 0.119 e. The van der Waals surface area contributed by atoms with Crippen LogP contribution in [0.1, 0.15) is 5.56 Å². The van der Waals surface area contributed by atoms with Crippen LogP contribution in [-0.4, -0.2) is 17.7 Å². The van der Waals surface area contributed by atoms with E-state index < -0.39 is 0 Å². The van der Waals surface area contributed by atoms with Gasteiger partial charge in [0.2, 0.25) is 0 Å². The molecule has 0 amide bonds. The Morgan fingerprint density at radius 3 is 2.62 bits per heavy atom. The number of ether oxygens (including phenoxy) is 1. The molecule has 0 radical (unpaired) electrons. The van der Waals surface area contributed by atoms with E-state index in [9.17, 15) is 0 Å². The SMILES string of the molecule is Cn1cc(CNCCOc2ccccc2)c2ccccc21. The lowest BCUT2D eigenvalue weighted by Crippen LogP contribution is -2.20. The van der Waals surface area contributed by atoms with E-state index in [-0.39, 0.29) is 0 Å². The summed E-state index contributed by atoms with van der Waals surface area (Å²) in [5.41, 5.74) is 2.60. The number of aryl methyl sites for hydroxylation is 1. The van der Waals surface area contributed by atoms with Gasteiger partial charge < -0.3 is 14.6 Å². The zero-order valence-corrected chi connectivity index (χ0v) is 12.3. The molecule has 3 rings (SSSR count). The minimum Gasteiger partial charge on any atom is -0.492 e. The minimum atomic E-state index is 0.675. The first-order chi connectivity index (χ1) is 10.3. The van der Waals surface area contributed by atoms with Crippen LogP contribution in [0.3, 0.4) is 0 Å². The molecule has 1 heterocycles. The van der Waals surface area contributed by atoms with Crippen LogP contribution in [0.5, 0.6) is 5.75 Å². The normalized spacial score (nSPS) is 10.9. The quantitative estimate of drug-likeness (QED) is 0.701. The number of hydrogen-bond donors (Lipinski definition) is 1. The lowest BCUT2D eigenvalue weighted by Gasteiger charge is -2.07. The van der Waals surface area contributed by atoms with E-state index in [1.165, 1.54) is 16.5 Å². The van der Waals surface area contributed by atoms with Crippen LogP contribution in [0.2, 0.25) is 0 Å². The number of nitrogens with zero attached hydrogens (tertiary/aromatic N) is 1. The van der Waals surface area contributed by atoms with Gasteiger partial charge in [-0.05, 0) is 23.8 Å². The van der Waals surface area contributed by atoms with E-state index in [0.717, 1.165) is 18.8 Å². The molecule has 3 aromatic rings. The summed E-state index contributed by atoms with van der Waals surface area (Å²) >= 11 is 0. The van der Waals surface area contributed by atoms with E-state index >= 15 is 0 Å². The molecule has 0 bridgehead atoms. The van der Waals surface area contributed by atoms with Gasteiger partial charge in [0.1, 0.15) is 12.4 Å². The Balaban J connectivity index is 1.51. The van der Waals surface area contributed by atoms with Crippen LogP contribution in [0.25, 0.3) is 10.9 Å². The molecule has 0 saturated carbocycles. The topological polar surface area (TPSA) is 26.2 Å². The second-order valence-corrected chi connectivity index (χ2v) is 5.12. The van der Waals surface area contributed by atoms with Crippen molar-refractivity contribution in [1.82, 2.24) is 9.88 Å². The zero-order chi connectivity index (χ0) is 14.5. The van der Waals surface area contributed by atoms with E-state index in [1.807, 2.05) is 30.3 Å². The molecule has 0 spiro atoms. The van der Waals surface area contributed by atoms with Gasteiger partial charge in [0.15, 0.2) is 0 Å². The summed E-state index contributed by atoms with van der Waals surface area (Å²) in [6, 6.07) is 18.4. The molecular formula is C18H20N2O. The maximum absolute atomic E-state index is 5.67. The number of aromatic nitrogens is 1. The van der Waals surface area contributed by atoms with Gasteiger partial charge in [0.25, 0.3) is 0 Å². The summed E-state index contributed by atoms with van der Waals surface area (Å²) in [4.78, 5) is 0. The number of benzene rings is 2. The monoisotopic (exact) mass is 280 g/mol. The third kappa shape index (κ3) is 3.26. The number of nitrogens with one attached hydrogen (secondary N) is 1. The highest BCUT2D eigenvalue weighted by atomic mass is 16.5. The van der Waals surface area contributed by atoms with Gasteiger partial charge in [-0.3, -0.25) is 0 Å².